The van der Waals surface area contributed by atoms with Crippen LogP contribution in [0.3, 0.4) is 0 Å². The fourth-order valence-corrected chi connectivity index (χ4v) is 5.75. The van der Waals surface area contributed by atoms with Crippen molar-refractivity contribution in [3.8, 4) is 40.5 Å². The average molecular weight is 605 g/mol. The number of aromatic nitrogens is 7. The maximum Gasteiger partial charge on any atom is 0.234 e. The van der Waals surface area contributed by atoms with Crippen LogP contribution < -0.4 is 11.1 Å². The lowest BCUT2D eigenvalue weighted by Gasteiger charge is -2.32. The zero-order chi connectivity index (χ0) is 31.5. The van der Waals surface area contributed by atoms with Crippen LogP contribution in [-0.2, 0) is 6.54 Å². The summed E-state index contributed by atoms with van der Waals surface area (Å²) in [5.74, 6) is 1.89. The van der Waals surface area contributed by atoms with Crippen LogP contribution in [0.4, 0.5) is 11.6 Å². The third kappa shape index (κ3) is 5.80. The summed E-state index contributed by atoms with van der Waals surface area (Å²) < 4.78 is 2.00. The van der Waals surface area contributed by atoms with Crippen molar-refractivity contribution in [2.75, 3.05) is 24.1 Å². The van der Waals surface area contributed by atoms with Gasteiger partial charge >= 0.3 is 0 Å². The highest BCUT2D eigenvalue weighted by Gasteiger charge is 2.21. The van der Waals surface area contributed by atoms with Gasteiger partial charge in [0.2, 0.25) is 5.82 Å². The fraction of sp³-hybridized carbons (Fsp3) is 0.176. The Bertz CT molecular complexity index is 2120. The molecule has 3 N–H and O–H groups in total. The van der Waals surface area contributed by atoms with E-state index in [1.54, 1.807) is 30.7 Å². The molecule has 0 unspecified atom stereocenters. The molecular formula is C34H28N12. The normalized spacial score (nSPS) is 13.7. The van der Waals surface area contributed by atoms with Crippen molar-refractivity contribution in [3.05, 3.63) is 102 Å². The van der Waals surface area contributed by atoms with Crippen LogP contribution in [0.5, 0.6) is 0 Å². The Morgan fingerprint density at radius 3 is 2.46 bits per heavy atom. The second-order valence-electron chi connectivity index (χ2n) is 11.0. The van der Waals surface area contributed by atoms with Crippen molar-refractivity contribution >= 4 is 22.8 Å². The van der Waals surface area contributed by atoms with Crippen LogP contribution in [0.2, 0.25) is 0 Å². The first-order valence-corrected chi connectivity index (χ1v) is 14.9. The standard InChI is InChI=1S/C34H28N12/c35-19-25-18-23(9-14-38-25)28-7-8-29-34(42-28)46(33(43-29)27-2-1-13-40-32(27)37)26-5-3-22(4-6-26)21-45-16-11-24(12-17-45)41-30-10-15-39-31(20-36)44-30/h1-10,13-15,18,24H,11-12,16-17,21H2,(H2,37,40)(H,39,41,44). The van der Waals surface area contributed by atoms with E-state index in [4.69, 9.17) is 21.0 Å². The molecular weight excluding hydrogens is 576 g/mol. The molecule has 1 fully saturated rings. The SMILES string of the molecule is N#Cc1cc(-c2ccc3nc(-c4cccnc4N)n(-c4ccc(CN5CCC(Nc6ccnc(C#N)n6)CC5)cc4)c3n2)ccn1. The number of rotatable bonds is 7. The number of nitrogens with two attached hydrogens (primary N) is 1. The molecule has 1 aromatic carbocycles. The Morgan fingerprint density at radius 1 is 0.848 bits per heavy atom. The molecule has 6 heterocycles. The first-order valence-electron chi connectivity index (χ1n) is 14.9. The van der Waals surface area contributed by atoms with Crippen molar-refractivity contribution in [2.45, 2.75) is 25.4 Å². The van der Waals surface area contributed by atoms with Crippen LogP contribution in [0.25, 0.3) is 39.5 Å². The molecule has 1 aliphatic heterocycles. The summed E-state index contributed by atoms with van der Waals surface area (Å²) in [6.07, 6.45) is 6.83. The molecule has 1 aliphatic rings. The van der Waals surface area contributed by atoms with Gasteiger partial charge in [0.25, 0.3) is 0 Å². The fourth-order valence-electron chi connectivity index (χ4n) is 5.75. The highest BCUT2D eigenvalue weighted by Crippen LogP contribution is 2.32. The maximum absolute atomic E-state index is 9.35. The zero-order valence-corrected chi connectivity index (χ0v) is 24.7. The molecule has 224 valence electrons. The average Bonchev–Trinajstić information content (AvgIpc) is 3.48. The monoisotopic (exact) mass is 604 g/mol. The van der Waals surface area contributed by atoms with E-state index in [1.165, 1.54) is 5.56 Å². The zero-order valence-electron chi connectivity index (χ0n) is 24.7. The largest absolute Gasteiger partial charge is 0.383 e. The number of fused-ring (bicyclic) bond motifs is 1. The number of nitriles is 2. The summed E-state index contributed by atoms with van der Waals surface area (Å²) >= 11 is 0. The molecule has 6 aromatic rings. The first kappa shape index (κ1) is 28.5. The van der Waals surface area contributed by atoms with E-state index in [0.29, 0.717) is 51.6 Å². The Balaban J connectivity index is 1.14. The van der Waals surface area contributed by atoms with Gasteiger partial charge in [-0.1, -0.05) is 12.1 Å². The molecule has 46 heavy (non-hydrogen) atoms. The second kappa shape index (κ2) is 12.4. The molecule has 1 saturated heterocycles. The van der Waals surface area contributed by atoms with E-state index >= 15 is 0 Å². The highest BCUT2D eigenvalue weighted by atomic mass is 15.2. The molecule has 0 radical (unpaired) electrons. The van der Waals surface area contributed by atoms with E-state index in [-0.39, 0.29) is 5.82 Å². The van der Waals surface area contributed by atoms with Crippen LogP contribution in [0, 0.1) is 22.7 Å². The summed E-state index contributed by atoms with van der Waals surface area (Å²) in [5, 5.41) is 21.9. The summed E-state index contributed by atoms with van der Waals surface area (Å²) in [5.41, 5.74) is 12.3. The number of piperidine rings is 1. The van der Waals surface area contributed by atoms with Gasteiger partial charge in [0.15, 0.2) is 11.5 Å². The second-order valence-corrected chi connectivity index (χ2v) is 11.0. The van der Waals surface area contributed by atoms with E-state index in [0.717, 1.165) is 43.7 Å². The van der Waals surface area contributed by atoms with Gasteiger partial charge in [-0.05, 0) is 73.0 Å². The van der Waals surface area contributed by atoms with Crippen molar-refractivity contribution in [1.29, 1.82) is 10.5 Å². The number of likely N-dealkylation sites (tertiary alicyclic amines) is 1. The molecule has 0 aliphatic carbocycles. The Hall–Kier alpha value is -6.24. The molecule has 12 heteroatoms. The van der Waals surface area contributed by atoms with E-state index in [2.05, 4.69) is 60.5 Å². The first-order chi connectivity index (χ1) is 22.6. The van der Waals surface area contributed by atoms with E-state index < -0.39 is 0 Å². The van der Waals surface area contributed by atoms with Crippen molar-refractivity contribution < 1.29 is 0 Å². The number of nitrogen functional groups attached to an aromatic ring is 1. The number of benzene rings is 1. The smallest absolute Gasteiger partial charge is 0.234 e. The Labute approximate surface area is 264 Å². The lowest BCUT2D eigenvalue weighted by atomic mass is 10.0. The lowest BCUT2D eigenvalue weighted by Crippen LogP contribution is -2.38. The van der Waals surface area contributed by atoms with Gasteiger partial charge in [0.05, 0.1) is 11.3 Å². The number of pyridine rings is 3. The van der Waals surface area contributed by atoms with Crippen molar-refractivity contribution in [2.24, 2.45) is 0 Å². The lowest BCUT2D eigenvalue weighted by molar-refractivity contribution is 0.211. The van der Waals surface area contributed by atoms with Gasteiger partial charge in [-0.15, -0.1) is 0 Å². The molecule has 0 spiro atoms. The van der Waals surface area contributed by atoms with E-state index in [1.807, 2.05) is 41.0 Å². The number of nitrogens with one attached hydrogen (secondary N) is 1. The van der Waals surface area contributed by atoms with Crippen LogP contribution in [0.1, 0.15) is 29.9 Å². The predicted molar refractivity (Wildman–Crippen MR) is 173 cm³/mol. The summed E-state index contributed by atoms with van der Waals surface area (Å²) in [6.45, 7) is 2.72. The van der Waals surface area contributed by atoms with Gasteiger partial charge in [0.1, 0.15) is 35.0 Å². The minimum absolute atomic E-state index is 0.171. The third-order valence-corrected chi connectivity index (χ3v) is 8.05. The number of anilines is 2. The maximum atomic E-state index is 9.35. The van der Waals surface area contributed by atoms with Crippen LogP contribution >= 0.6 is 0 Å². The minimum atomic E-state index is 0.171. The van der Waals surface area contributed by atoms with Crippen LogP contribution in [0.15, 0.2) is 85.3 Å². The predicted octanol–water partition coefficient (Wildman–Crippen LogP) is 4.74. The summed E-state index contributed by atoms with van der Waals surface area (Å²) in [6, 6.07) is 25.7. The van der Waals surface area contributed by atoms with Gasteiger partial charge in [-0.2, -0.15) is 10.5 Å². The highest BCUT2D eigenvalue weighted by molar-refractivity contribution is 5.84. The number of nitrogens with zero attached hydrogens (tertiary/aromatic N) is 10. The molecule has 5 aromatic heterocycles. The quantitative estimate of drug-likeness (QED) is 0.258. The number of imidazole rings is 1. The topological polar surface area (TPSA) is 171 Å². The molecule has 0 atom stereocenters. The third-order valence-electron chi connectivity index (χ3n) is 8.05. The summed E-state index contributed by atoms with van der Waals surface area (Å²) in [7, 11) is 0. The molecule has 0 bridgehead atoms. The van der Waals surface area contributed by atoms with Gasteiger partial charge in [0, 0.05) is 55.5 Å². The number of hydrogen-bond acceptors (Lipinski definition) is 11. The summed E-state index contributed by atoms with van der Waals surface area (Å²) in [4.78, 5) is 29.0. The molecule has 0 amide bonds. The molecule has 12 nitrogen and oxygen atoms in total. The van der Waals surface area contributed by atoms with E-state index in [9.17, 15) is 5.26 Å². The Kier molecular flexibility index (Phi) is 7.69. The van der Waals surface area contributed by atoms with Gasteiger partial charge < -0.3 is 11.1 Å². The van der Waals surface area contributed by atoms with Crippen LogP contribution in [-0.4, -0.2) is 58.5 Å². The van der Waals surface area contributed by atoms with Crippen molar-refractivity contribution in [1.82, 2.24) is 39.4 Å². The minimum Gasteiger partial charge on any atom is -0.383 e. The molecule has 7 rings (SSSR count). The van der Waals surface area contributed by atoms with Gasteiger partial charge in [-0.25, -0.2) is 29.9 Å². The van der Waals surface area contributed by atoms with Gasteiger partial charge in [-0.3, -0.25) is 9.47 Å². The Morgan fingerprint density at radius 2 is 1.67 bits per heavy atom. The molecule has 0 saturated carbocycles. The van der Waals surface area contributed by atoms with Crippen molar-refractivity contribution in [3.63, 3.8) is 0 Å². The number of hydrogen-bond donors (Lipinski definition) is 2.